The fraction of sp³-hybridized carbons (Fsp3) is 0.333. The SMILES string of the molecule is Cc1ccc(CN(C)C2CCc3cc(N)ccc32)cc1. The maximum Gasteiger partial charge on any atom is 0.0354 e. The van der Waals surface area contributed by atoms with Crippen LogP contribution in [0.25, 0.3) is 0 Å². The number of nitrogen functional groups attached to an aromatic ring is 1. The van der Waals surface area contributed by atoms with Crippen molar-refractivity contribution < 1.29 is 0 Å². The largest absolute Gasteiger partial charge is 0.399 e. The Morgan fingerprint density at radius 1 is 1.15 bits per heavy atom. The number of fused-ring (bicyclic) bond motifs is 1. The molecule has 20 heavy (non-hydrogen) atoms. The Morgan fingerprint density at radius 3 is 2.65 bits per heavy atom. The Balaban J connectivity index is 1.76. The molecule has 0 saturated heterocycles. The lowest BCUT2D eigenvalue weighted by atomic mass is 10.1. The van der Waals surface area contributed by atoms with Gasteiger partial charge in [-0.05, 0) is 55.6 Å². The van der Waals surface area contributed by atoms with Crippen molar-refractivity contribution in [3.05, 3.63) is 64.7 Å². The summed E-state index contributed by atoms with van der Waals surface area (Å²) in [6, 6.07) is 15.7. The Morgan fingerprint density at radius 2 is 1.90 bits per heavy atom. The first-order chi connectivity index (χ1) is 9.63. The molecule has 2 nitrogen and oxygen atoms in total. The number of benzene rings is 2. The van der Waals surface area contributed by atoms with Gasteiger partial charge in [-0.2, -0.15) is 0 Å². The lowest BCUT2D eigenvalue weighted by Crippen LogP contribution is -2.22. The first-order valence-electron chi connectivity index (χ1n) is 7.27. The molecule has 1 aliphatic rings. The number of hydrogen-bond acceptors (Lipinski definition) is 2. The maximum absolute atomic E-state index is 5.88. The fourth-order valence-corrected chi connectivity index (χ4v) is 3.16. The van der Waals surface area contributed by atoms with E-state index in [1.165, 1.54) is 28.7 Å². The summed E-state index contributed by atoms with van der Waals surface area (Å²) in [5.74, 6) is 0. The zero-order valence-corrected chi connectivity index (χ0v) is 12.3. The van der Waals surface area contributed by atoms with Crippen molar-refractivity contribution in [1.82, 2.24) is 4.90 Å². The average molecular weight is 266 g/mol. The zero-order chi connectivity index (χ0) is 14.1. The van der Waals surface area contributed by atoms with E-state index < -0.39 is 0 Å². The summed E-state index contributed by atoms with van der Waals surface area (Å²) in [4.78, 5) is 2.45. The van der Waals surface area contributed by atoms with E-state index in [1.54, 1.807) is 0 Å². The maximum atomic E-state index is 5.88. The van der Waals surface area contributed by atoms with Gasteiger partial charge in [0.15, 0.2) is 0 Å². The number of hydrogen-bond donors (Lipinski definition) is 1. The molecular formula is C18H22N2. The quantitative estimate of drug-likeness (QED) is 0.858. The van der Waals surface area contributed by atoms with Crippen LogP contribution < -0.4 is 5.73 Å². The van der Waals surface area contributed by atoms with Crippen LogP contribution in [0.1, 0.15) is 34.7 Å². The van der Waals surface area contributed by atoms with Crippen molar-refractivity contribution in [2.75, 3.05) is 12.8 Å². The summed E-state index contributed by atoms with van der Waals surface area (Å²) in [5.41, 5.74) is 12.3. The van der Waals surface area contributed by atoms with E-state index >= 15 is 0 Å². The van der Waals surface area contributed by atoms with Gasteiger partial charge in [0.1, 0.15) is 0 Å². The van der Waals surface area contributed by atoms with Gasteiger partial charge in [0.05, 0.1) is 0 Å². The molecule has 1 atom stereocenters. The molecule has 104 valence electrons. The molecule has 0 amide bonds. The van der Waals surface area contributed by atoms with E-state index in [4.69, 9.17) is 5.73 Å². The summed E-state index contributed by atoms with van der Waals surface area (Å²) in [7, 11) is 2.22. The molecule has 0 fully saturated rings. The molecule has 0 aromatic heterocycles. The van der Waals surface area contributed by atoms with Gasteiger partial charge in [0.2, 0.25) is 0 Å². The van der Waals surface area contributed by atoms with E-state index in [0.29, 0.717) is 6.04 Å². The molecule has 0 aliphatic heterocycles. The molecule has 0 heterocycles. The third-order valence-electron chi connectivity index (χ3n) is 4.30. The number of rotatable bonds is 3. The number of anilines is 1. The van der Waals surface area contributed by atoms with E-state index in [-0.39, 0.29) is 0 Å². The molecule has 1 unspecified atom stereocenters. The first-order valence-corrected chi connectivity index (χ1v) is 7.27. The summed E-state index contributed by atoms with van der Waals surface area (Å²) < 4.78 is 0. The Bertz CT molecular complexity index is 601. The van der Waals surface area contributed by atoms with Crippen LogP contribution in [0.15, 0.2) is 42.5 Å². The molecule has 2 aromatic rings. The summed E-state index contributed by atoms with van der Waals surface area (Å²) in [5, 5.41) is 0. The second-order valence-corrected chi connectivity index (χ2v) is 5.91. The fourth-order valence-electron chi connectivity index (χ4n) is 3.16. The molecule has 3 rings (SSSR count). The van der Waals surface area contributed by atoms with Crippen LogP contribution in [0.3, 0.4) is 0 Å². The minimum atomic E-state index is 0.520. The van der Waals surface area contributed by atoms with Crippen molar-refractivity contribution in [3.63, 3.8) is 0 Å². The Labute approximate surface area is 121 Å². The van der Waals surface area contributed by atoms with Crippen LogP contribution in [0, 0.1) is 6.92 Å². The van der Waals surface area contributed by atoms with Gasteiger partial charge in [-0.25, -0.2) is 0 Å². The number of nitrogens with zero attached hydrogens (tertiary/aromatic N) is 1. The standard InChI is InChI=1S/C18H22N2/c1-13-3-5-14(6-4-13)12-20(2)18-10-7-15-11-16(19)8-9-17(15)18/h3-6,8-9,11,18H,7,10,12,19H2,1-2H3. The second kappa shape index (κ2) is 5.29. The smallest absolute Gasteiger partial charge is 0.0354 e. The van der Waals surface area contributed by atoms with Gasteiger partial charge >= 0.3 is 0 Å². The van der Waals surface area contributed by atoms with Crippen molar-refractivity contribution in [2.24, 2.45) is 0 Å². The lowest BCUT2D eigenvalue weighted by molar-refractivity contribution is 0.236. The molecule has 0 radical (unpaired) electrons. The van der Waals surface area contributed by atoms with Crippen molar-refractivity contribution in [1.29, 1.82) is 0 Å². The monoisotopic (exact) mass is 266 g/mol. The highest BCUT2D eigenvalue weighted by Crippen LogP contribution is 2.36. The number of nitrogens with two attached hydrogens (primary N) is 1. The molecule has 1 aliphatic carbocycles. The lowest BCUT2D eigenvalue weighted by Gasteiger charge is -2.25. The Hall–Kier alpha value is -1.80. The zero-order valence-electron chi connectivity index (χ0n) is 12.3. The van der Waals surface area contributed by atoms with Crippen LogP contribution in [0.5, 0.6) is 0 Å². The van der Waals surface area contributed by atoms with Crippen molar-refractivity contribution in [3.8, 4) is 0 Å². The summed E-state index contributed by atoms with van der Waals surface area (Å²) >= 11 is 0. The van der Waals surface area contributed by atoms with Crippen LogP contribution >= 0.6 is 0 Å². The summed E-state index contributed by atoms with van der Waals surface area (Å²) in [6.07, 6.45) is 2.34. The predicted octanol–water partition coefficient (Wildman–Crippen LogP) is 3.70. The van der Waals surface area contributed by atoms with E-state index in [9.17, 15) is 0 Å². The molecular weight excluding hydrogens is 244 g/mol. The second-order valence-electron chi connectivity index (χ2n) is 5.91. The van der Waals surface area contributed by atoms with Crippen LogP contribution in [0.4, 0.5) is 5.69 Å². The molecule has 0 saturated carbocycles. The third-order valence-corrected chi connectivity index (χ3v) is 4.30. The average Bonchev–Trinajstić information content (AvgIpc) is 2.84. The van der Waals surface area contributed by atoms with Gasteiger partial charge in [0.25, 0.3) is 0 Å². The van der Waals surface area contributed by atoms with Gasteiger partial charge in [0, 0.05) is 18.3 Å². The highest BCUT2D eigenvalue weighted by Gasteiger charge is 2.25. The minimum Gasteiger partial charge on any atom is -0.399 e. The van der Waals surface area contributed by atoms with Gasteiger partial charge in [-0.15, -0.1) is 0 Å². The first kappa shape index (κ1) is 13.2. The predicted molar refractivity (Wildman–Crippen MR) is 84.6 cm³/mol. The van der Waals surface area contributed by atoms with E-state index in [1.807, 2.05) is 6.07 Å². The van der Waals surface area contributed by atoms with Gasteiger partial charge in [-0.3, -0.25) is 4.90 Å². The summed E-state index contributed by atoms with van der Waals surface area (Å²) in [6.45, 7) is 3.12. The highest BCUT2D eigenvalue weighted by molar-refractivity contribution is 5.47. The van der Waals surface area contributed by atoms with E-state index in [2.05, 4.69) is 55.3 Å². The molecule has 0 bridgehead atoms. The van der Waals surface area contributed by atoms with Gasteiger partial charge in [-0.1, -0.05) is 35.9 Å². The van der Waals surface area contributed by atoms with Crippen LogP contribution in [0.2, 0.25) is 0 Å². The Kier molecular flexibility index (Phi) is 3.49. The molecule has 2 N–H and O–H groups in total. The topological polar surface area (TPSA) is 29.3 Å². The highest BCUT2D eigenvalue weighted by atomic mass is 15.1. The molecule has 0 spiro atoms. The van der Waals surface area contributed by atoms with Crippen LogP contribution in [-0.4, -0.2) is 11.9 Å². The third kappa shape index (κ3) is 2.56. The molecule has 2 aromatic carbocycles. The van der Waals surface area contributed by atoms with Crippen LogP contribution in [-0.2, 0) is 13.0 Å². The van der Waals surface area contributed by atoms with Gasteiger partial charge < -0.3 is 5.73 Å². The number of aryl methyl sites for hydroxylation is 2. The molecule has 2 heteroatoms. The normalized spacial score (nSPS) is 17.4. The van der Waals surface area contributed by atoms with Crippen molar-refractivity contribution >= 4 is 5.69 Å². The van der Waals surface area contributed by atoms with Crippen molar-refractivity contribution in [2.45, 2.75) is 32.4 Å². The van der Waals surface area contributed by atoms with E-state index in [0.717, 1.165) is 18.7 Å². The minimum absolute atomic E-state index is 0.520.